The zero-order valence-electron chi connectivity index (χ0n) is 14.8. The number of ketones is 1. The normalized spacial score (nSPS) is 10.7. The van der Waals surface area contributed by atoms with Crippen LogP contribution in [0.5, 0.6) is 5.75 Å². The van der Waals surface area contributed by atoms with Gasteiger partial charge in [0.2, 0.25) is 0 Å². The van der Waals surface area contributed by atoms with Gasteiger partial charge in [0.25, 0.3) is 5.91 Å². The Morgan fingerprint density at radius 2 is 1.85 bits per heavy atom. The molecule has 2 rings (SSSR count). The lowest BCUT2D eigenvalue weighted by molar-refractivity contribution is -0.112. The summed E-state index contributed by atoms with van der Waals surface area (Å²) in [5.41, 5.74) is 1.70. The topological polar surface area (TPSA) is 79.2 Å². The van der Waals surface area contributed by atoms with Crippen LogP contribution in [-0.4, -0.2) is 18.3 Å². The van der Waals surface area contributed by atoms with Crippen molar-refractivity contribution in [3.05, 3.63) is 65.2 Å². The van der Waals surface area contributed by atoms with Crippen molar-refractivity contribution in [3.63, 3.8) is 0 Å². The molecule has 0 spiro atoms. The highest BCUT2D eigenvalue weighted by molar-refractivity contribution is 6.10. The zero-order chi connectivity index (χ0) is 18.9. The molecule has 1 amide bonds. The maximum Gasteiger partial charge on any atom is 0.266 e. The van der Waals surface area contributed by atoms with Crippen molar-refractivity contribution < 1.29 is 14.3 Å². The van der Waals surface area contributed by atoms with E-state index >= 15 is 0 Å². The molecule has 2 aromatic carbocycles. The molecule has 26 heavy (non-hydrogen) atoms. The molecule has 0 aliphatic carbocycles. The molecule has 0 fully saturated rings. The smallest absolute Gasteiger partial charge is 0.266 e. The molecule has 0 aromatic heterocycles. The van der Waals surface area contributed by atoms with Gasteiger partial charge in [0.15, 0.2) is 5.78 Å². The predicted molar refractivity (Wildman–Crippen MR) is 101 cm³/mol. The van der Waals surface area contributed by atoms with Gasteiger partial charge in [0.1, 0.15) is 17.4 Å². The summed E-state index contributed by atoms with van der Waals surface area (Å²) in [6.45, 7) is 4.04. The lowest BCUT2D eigenvalue weighted by Gasteiger charge is -2.09. The van der Waals surface area contributed by atoms with Crippen LogP contribution in [0.25, 0.3) is 6.08 Å². The van der Waals surface area contributed by atoms with E-state index in [1.807, 2.05) is 25.1 Å². The predicted octanol–water partition coefficient (Wildman–Crippen LogP) is 4.22. The lowest BCUT2D eigenvalue weighted by Crippen LogP contribution is -2.13. The second kappa shape index (κ2) is 9.19. The number of hydrogen-bond acceptors (Lipinski definition) is 4. The Morgan fingerprint density at radius 3 is 2.46 bits per heavy atom. The van der Waals surface area contributed by atoms with Gasteiger partial charge in [-0.2, -0.15) is 5.26 Å². The van der Waals surface area contributed by atoms with Crippen molar-refractivity contribution in [2.75, 3.05) is 11.9 Å². The van der Waals surface area contributed by atoms with Crippen molar-refractivity contribution in [3.8, 4) is 11.8 Å². The molecule has 132 valence electrons. The van der Waals surface area contributed by atoms with Crippen molar-refractivity contribution in [2.45, 2.75) is 20.3 Å². The number of carbonyl (C=O) groups is 2. The monoisotopic (exact) mass is 348 g/mol. The Balaban J connectivity index is 2.19. The molecule has 0 atom stereocenters. The van der Waals surface area contributed by atoms with Crippen molar-refractivity contribution >= 4 is 23.5 Å². The molecule has 5 nitrogen and oxygen atoms in total. The summed E-state index contributed by atoms with van der Waals surface area (Å²) in [4.78, 5) is 23.7. The highest BCUT2D eigenvalue weighted by atomic mass is 16.5. The van der Waals surface area contributed by atoms with Gasteiger partial charge in [0.05, 0.1) is 6.61 Å². The van der Waals surface area contributed by atoms with E-state index in [2.05, 4.69) is 5.32 Å². The van der Waals surface area contributed by atoms with Crippen LogP contribution in [-0.2, 0) is 4.79 Å². The fraction of sp³-hybridized carbons (Fsp3) is 0.190. The standard InChI is InChI=1S/C21H20N2O3/c1-3-12-26-20-7-5-4-6-17(20)13-18(14-22)21(25)23-19-10-8-16(9-11-19)15(2)24/h4-11,13H,3,12H2,1-2H3,(H,23,25)/b18-13+. The third-order valence-electron chi connectivity index (χ3n) is 3.59. The Morgan fingerprint density at radius 1 is 1.15 bits per heavy atom. The van der Waals surface area contributed by atoms with E-state index in [9.17, 15) is 14.9 Å². The molecule has 0 unspecified atom stereocenters. The fourth-order valence-corrected chi connectivity index (χ4v) is 2.23. The van der Waals surface area contributed by atoms with E-state index in [1.54, 1.807) is 36.4 Å². The second-order valence-corrected chi connectivity index (χ2v) is 5.64. The molecule has 0 radical (unpaired) electrons. The number of nitrogens with zero attached hydrogens (tertiary/aromatic N) is 1. The Kier molecular flexibility index (Phi) is 6.69. The molecule has 0 bridgehead atoms. The maximum absolute atomic E-state index is 12.4. The first-order chi connectivity index (χ1) is 12.5. The summed E-state index contributed by atoms with van der Waals surface area (Å²) in [7, 11) is 0. The number of Topliss-reactive ketones (excluding diaryl/α,β-unsaturated/α-hetero) is 1. The molecule has 0 heterocycles. The molecule has 2 aromatic rings. The van der Waals surface area contributed by atoms with Crippen LogP contribution in [0.15, 0.2) is 54.1 Å². The van der Waals surface area contributed by atoms with Crippen LogP contribution in [0.1, 0.15) is 36.2 Å². The lowest BCUT2D eigenvalue weighted by atomic mass is 10.1. The van der Waals surface area contributed by atoms with Gasteiger partial charge in [-0.1, -0.05) is 25.1 Å². The highest BCUT2D eigenvalue weighted by Gasteiger charge is 2.11. The molecule has 0 aliphatic rings. The summed E-state index contributed by atoms with van der Waals surface area (Å²) in [6, 6.07) is 15.7. The number of ether oxygens (including phenoxy) is 1. The van der Waals surface area contributed by atoms with Crippen LogP contribution in [0.2, 0.25) is 0 Å². The second-order valence-electron chi connectivity index (χ2n) is 5.64. The number of benzene rings is 2. The first-order valence-corrected chi connectivity index (χ1v) is 8.31. The molecule has 5 heteroatoms. The minimum absolute atomic E-state index is 0.0341. The Hall–Kier alpha value is -3.39. The number of carbonyl (C=O) groups excluding carboxylic acids is 2. The van der Waals surface area contributed by atoms with Gasteiger partial charge in [-0.3, -0.25) is 9.59 Å². The van der Waals surface area contributed by atoms with Crippen LogP contribution in [0.4, 0.5) is 5.69 Å². The van der Waals surface area contributed by atoms with Gasteiger partial charge in [0, 0.05) is 16.8 Å². The number of nitriles is 1. The molecular formula is C21H20N2O3. The van der Waals surface area contributed by atoms with E-state index in [0.717, 1.165) is 6.42 Å². The van der Waals surface area contributed by atoms with E-state index < -0.39 is 5.91 Å². The SMILES string of the molecule is CCCOc1ccccc1/C=C(\C#N)C(=O)Nc1ccc(C(C)=O)cc1. The molecule has 0 saturated heterocycles. The molecule has 1 N–H and O–H groups in total. The van der Waals surface area contributed by atoms with Gasteiger partial charge < -0.3 is 10.1 Å². The number of hydrogen-bond donors (Lipinski definition) is 1. The quantitative estimate of drug-likeness (QED) is 0.461. The summed E-state index contributed by atoms with van der Waals surface area (Å²) in [5.74, 6) is 0.0539. The van der Waals surface area contributed by atoms with E-state index in [4.69, 9.17) is 4.74 Å². The summed E-state index contributed by atoms with van der Waals surface area (Å²) in [5, 5.41) is 12.0. The van der Waals surface area contributed by atoms with Gasteiger partial charge in [-0.05, 0) is 49.8 Å². The average molecular weight is 348 g/mol. The number of rotatable bonds is 7. The summed E-state index contributed by atoms with van der Waals surface area (Å²) < 4.78 is 5.65. The third-order valence-corrected chi connectivity index (χ3v) is 3.59. The largest absolute Gasteiger partial charge is 0.493 e. The van der Waals surface area contributed by atoms with Crippen LogP contribution in [0.3, 0.4) is 0 Å². The van der Waals surface area contributed by atoms with Gasteiger partial charge in [-0.15, -0.1) is 0 Å². The van der Waals surface area contributed by atoms with Crippen LogP contribution < -0.4 is 10.1 Å². The third kappa shape index (κ3) is 5.05. The van der Waals surface area contributed by atoms with Gasteiger partial charge >= 0.3 is 0 Å². The Bertz CT molecular complexity index is 862. The first kappa shape index (κ1) is 18.9. The minimum atomic E-state index is -0.520. The first-order valence-electron chi connectivity index (χ1n) is 8.31. The van der Waals surface area contributed by atoms with Crippen LogP contribution >= 0.6 is 0 Å². The van der Waals surface area contributed by atoms with Crippen molar-refractivity contribution in [1.82, 2.24) is 0 Å². The van der Waals surface area contributed by atoms with Crippen molar-refractivity contribution in [1.29, 1.82) is 5.26 Å². The minimum Gasteiger partial charge on any atom is -0.493 e. The molecule has 0 aliphatic heterocycles. The summed E-state index contributed by atoms with van der Waals surface area (Å²) in [6.07, 6.45) is 2.37. The Labute approximate surface area is 152 Å². The fourth-order valence-electron chi connectivity index (χ4n) is 2.23. The van der Waals surface area contributed by atoms with Crippen LogP contribution in [0, 0.1) is 11.3 Å². The van der Waals surface area contributed by atoms with Gasteiger partial charge in [-0.25, -0.2) is 0 Å². The number of amides is 1. The molecular weight excluding hydrogens is 328 g/mol. The average Bonchev–Trinajstić information content (AvgIpc) is 2.65. The highest BCUT2D eigenvalue weighted by Crippen LogP contribution is 2.22. The van der Waals surface area contributed by atoms with Crippen molar-refractivity contribution in [2.24, 2.45) is 0 Å². The maximum atomic E-state index is 12.4. The number of anilines is 1. The number of nitrogens with one attached hydrogen (secondary N) is 1. The number of para-hydroxylation sites is 1. The van der Waals surface area contributed by atoms with E-state index in [1.165, 1.54) is 13.0 Å². The summed E-state index contributed by atoms with van der Waals surface area (Å²) >= 11 is 0. The zero-order valence-corrected chi connectivity index (χ0v) is 14.8. The molecule has 0 saturated carbocycles. The van der Waals surface area contributed by atoms with E-state index in [-0.39, 0.29) is 11.4 Å². The van der Waals surface area contributed by atoms with E-state index in [0.29, 0.717) is 29.2 Å².